The lowest BCUT2D eigenvalue weighted by atomic mass is 10.1. The van der Waals surface area contributed by atoms with Gasteiger partial charge in [0.1, 0.15) is 0 Å². The molecule has 0 bridgehead atoms. The molecule has 6 heteroatoms. The Hall–Kier alpha value is -1.23. The molecule has 0 aliphatic heterocycles. The average Bonchev–Trinajstić information content (AvgIpc) is 2.61. The van der Waals surface area contributed by atoms with Crippen molar-refractivity contribution in [2.45, 2.75) is 19.1 Å². The molecule has 96 valence electrons. The highest BCUT2D eigenvalue weighted by Gasteiger charge is 2.30. The number of carboxylic acids is 1. The second-order valence-corrected chi connectivity index (χ2v) is 5.19. The zero-order chi connectivity index (χ0) is 13.5. The molecule has 0 aliphatic rings. The summed E-state index contributed by atoms with van der Waals surface area (Å²) in [6, 6.07) is 5.05. The van der Waals surface area contributed by atoms with Crippen LogP contribution in [0.4, 0.5) is 0 Å². The first-order valence-corrected chi connectivity index (χ1v) is 5.96. The van der Waals surface area contributed by atoms with E-state index in [9.17, 15) is 9.90 Å². The van der Waals surface area contributed by atoms with Crippen LogP contribution in [-0.2, 0) is 11.3 Å². The minimum absolute atomic E-state index is 0.0808. The monoisotopic (exact) mass is 287 g/mol. The van der Waals surface area contributed by atoms with E-state index in [1.54, 1.807) is 29.0 Å². The van der Waals surface area contributed by atoms with Crippen LogP contribution in [-0.4, -0.2) is 26.4 Å². The Morgan fingerprint density at radius 1 is 1.44 bits per heavy atom. The Kier molecular flexibility index (Phi) is 3.27. The number of carbonyl (C=O) groups is 1. The number of aliphatic carboxylic acids is 1. The first kappa shape index (κ1) is 13.2. The molecule has 2 aromatic rings. The molecule has 0 aliphatic carbocycles. The van der Waals surface area contributed by atoms with Gasteiger partial charge in [-0.05, 0) is 25.1 Å². The van der Waals surface area contributed by atoms with E-state index >= 15 is 0 Å². The number of halogens is 2. The van der Waals surface area contributed by atoms with Crippen molar-refractivity contribution in [3.8, 4) is 0 Å². The van der Waals surface area contributed by atoms with E-state index < -0.39 is 11.6 Å². The highest BCUT2D eigenvalue weighted by Crippen LogP contribution is 2.29. The van der Waals surface area contributed by atoms with Gasteiger partial charge in [0, 0.05) is 16.6 Å². The Labute approximate surface area is 113 Å². The number of hydrogen-bond acceptors (Lipinski definition) is 2. The molecule has 1 aromatic heterocycles. The van der Waals surface area contributed by atoms with Gasteiger partial charge < -0.3 is 14.8 Å². The van der Waals surface area contributed by atoms with Gasteiger partial charge in [0.05, 0.1) is 17.1 Å². The molecule has 0 radical (unpaired) electrons. The van der Waals surface area contributed by atoms with Crippen LogP contribution in [0.25, 0.3) is 10.9 Å². The summed E-state index contributed by atoms with van der Waals surface area (Å²) >= 11 is 11.9. The molecule has 0 spiro atoms. The molecule has 0 fully saturated rings. The Balaban J connectivity index is 2.50. The number of hydrogen-bond donors (Lipinski definition) is 2. The Morgan fingerprint density at radius 3 is 2.72 bits per heavy atom. The maximum Gasteiger partial charge on any atom is 0.337 e. The highest BCUT2D eigenvalue weighted by molar-refractivity contribution is 6.38. The quantitative estimate of drug-likeness (QED) is 0.912. The topological polar surface area (TPSA) is 62.5 Å². The summed E-state index contributed by atoms with van der Waals surface area (Å²) in [6.07, 6.45) is 1.67. The van der Waals surface area contributed by atoms with Gasteiger partial charge in [0.15, 0.2) is 5.60 Å². The third-order valence-corrected chi connectivity index (χ3v) is 3.27. The fourth-order valence-electron chi connectivity index (χ4n) is 1.76. The third kappa shape index (κ3) is 2.32. The number of rotatable bonds is 3. The Bertz CT molecular complexity index is 619. The fourth-order valence-corrected chi connectivity index (χ4v) is 2.30. The molecule has 1 heterocycles. The van der Waals surface area contributed by atoms with Crippen molar-refractivity contribution < 1.29 is 15.0 Å². The van der Waals surface area contributed by atoms with Crippen LogP contribution in [0.5, 0.6) is 0 Å². The zero-order valence-electron chi connectivity index (χ0n) is 9.52. The molecular formula is C12H11Cl2NO3. The number of aromatic nitrogens is 1. The largest absolute Gasteiger partial charge is 0.479 e. The SMILES string of the molecule is CC(O)(Cn1ccc2c(Cl)cc(Cl)cc21)C(=O)O. The first-order valence-electron chi connectivity index (χ1n) is 5.21. The second-order valence-electron chi connectivity index (χ2n) is 4.34. The number of nitrogens with zero attached hydrogens (tertiary/aromatic N) is 1. The minimum atomic E-state index is -1.85. The molecule has 0 saturated heterocycles. The summed E-state index contributed by atoms with van der Waals surface area (Å²) in [4.78, 5) is 10.9. The average molecular weight is 288 g/mol. The maximum atomic E-state index is 10.9. The van der Waals surface area contributed by atoms with Gasteiger partial charge in [-0.3, -0.25) is 0 Å². The molecule has 1 aromatic carbocycles. The summed E-state index contributed by atoms with van der Waals surface area (Å²) in [5.74, 6) is -1.28. The van der Waals surface area contributed by atoms with Gasteiger partial charge in [-0.2, -0.15) is 0 Å². The predicted molar refractivity (Wildman–Crippen MR) is 70.2 cm³/mol. The van der Waals surface area contributed by atoms with Gasteiger partial charge >= 0.3 is 5.97 Å². The molecule has 1 unspecified atom stereocenters. The van der Waals surface area contributed by atoms with E-state index in [2.05, 4.69) is 0 Å². The van der Waals surface area contributed by atoms with Crippen molar-refractivity contribution in [1.29, 1.82) is 0 Å². The lowest BCUT2D eigenvalue weighted by Gasteiger charge is -2.19. The smallest absolute Gasteiger partial charge is 0.337 e. The standard InChI is InChI=1S/C12H11Cl2NO3/c1-12(18,11(16)17)6-15-3-2-8-9(14)4-7(13)5-10(8)15/h2-5,18H,6H2,1H3,(H,16,17). The van der Waals surface area contributed by atoms with Crippen LogP contribution in [0.2, 0.25) is 10.0 Å². The van der Waals surface area contributed by atoms with E-state index in [1.807, 2.05) is 0 Å². The summed E-state index contributed by atoms with van der Waals surface area (Å²) in [6.45, 7) is 1.16. The summed E-state index contributed by atoms with van der Waals surface area (Å²) in [7, 11) is 0. The van der Waals surface area contributed by atoms with Crippen LogP contribution in [0, 0.1) is 0 Å². The third-order valence-electron chi connectivity index (χ3n) is 2.74. The van der Waals surface area contributed by atoms with Crippen LogP contribution in [0.1, 0.15) is 6.92 Å². The second kappa shape index (κ2) is 4.46. The molecule has 4 nitrogen and oxygen atoms in total. The summed E-state index contributed by atoms with van der Waals surface area (Å²) < 4.78 is 1.61. The predicted octanol–water partition coefficient (Wildman–Crippen LogP) is 2.78. The molecule has 0 saturated carbocycles. The summed E-state index contributed by atoms with van der Waals surface area (Å²) in [5.41, 5.74) is -1.16. The van der Waals surface area contributed by atoms with Crippen molar-refractivity contribution in [2.75, 3.05) is 0 Å². The molecule has 2 rings (SSSR count). The van der Waals surface area contributed by atoms with Gasteiger partial charge in [-0.1, -0.05) is 23.2 Å². The fraction of sp³-hybridized carbons (Fsp3) is 0.250. The van der Waals surface area contributed by atoms with Crippen molar-refractivity contribution in [2.24, 2.45) is 0 Å². The normalized spacial score (nSPS) is 14.7. The minimum Gasteiger partial charge on any atom is -0.479 e. The van der Waals surface area contributed by atoms with E-state index in [-0.39, 0.29) is 6.54 Å². The number of fused-ring (bicyclic) bond motifs is 1. The van der Waals surface area contributed by atoms with Crippen LogP contribution in [0.3, 0.4) is 0 Å². The van der Waals surface area contributed by atoms with Gasteiger partial charge in [0.25, 0.3) is 0 Å². The van der Waals surface area contributed by atoms with Crippen molar-refractivity contribution >= 4 is 40.1 Å². The van der Waals surface area contributed by atoms with E-state index in [4.69, 9.17) is 28.3 Å². The Morgan fingerprint density at radius 2 is 2.11 bits per heavy atom. The molecule has 0 amide bonds. The first-order chi connectivity index (χ1) is 8.31. The van der Waals surface area contributed by atoms with E-state index in [0.29, 0.717) is 15.6 Å². The van der Waals surface area contributed by atoms with Crippen molar-refractivity contribution in [3.63, 3.8) is 0 Å². The molecule has 2 N–H and O–H groups in total. The number of carboxylic acid groups (broad SMARTS) is 1. The molecule has 1 atom stereocenters. The van der Waals surface area contributed by atoms with Crippen LogP contribution < -0.4 is 0 Å². The maximum absolute atomic E-state index is 10.9. The summed E-state index contributed by atoms with van der Waals surface area (Å²) in [5, 5.41) is 20.4. The van der Waals surface area contributed by atoms with Crippen LogP contribution >= 0.6 is 23.2 Å². The number of aliphatic hydroxyl groups is 1. The van der Waals surface area contributed by atoms with E-state index in [1.165, 1.54) is 6.92 Å². The lowest BCUT2D eigenvalue weighted by Crippen LogP contribution is -2.39. The molecular weight excluding hydrogens is 277 g/mol. The van der Waals surface area contributed by atoms with Gasteiger partial charge in [0.2, 0.25) is 0 Å². The zero-order valence-corrected chi connectivity index (χ0v) is 11.0. The highest BCUT2D eigenvalue weighted by atomic mass is 35.5. The molecule has 18 heavy (non-hydrogen) atoms. The lowest BCUT2D eigenvalue weighted by molar-refractivity contribution is -0.157. The van der Waals surface area contributed by atoms with Gasteiger partial charge in [-0.25, -0.2) is 4.79 Å². The van der Waals surface area contributed by atoms with E-state index in [0.717, 1.165) is 5.39 Å². The van der Waals surface area contributed by atoms with Gasteiger partial charge in [-0.15, -0.1) is 0 Å². The van der Waals surface area contributed by atoms with Crippen LogP contribution in [0.15, 0.2) is 24.4 Å². The number of benzene rings is 1. The van der Waals surface area contributed by atoms with Crippen molar-refractivity contribution in [3.05, 3.63) is 34.4 Å². The van der Waals surface area contributed by atoms with Crippen molar-refractivity contribution in [1.82, 2.24) is 4.57 Å².